The fourth-order valence-corrected chi connectivity index (χ4v) is 4.40. The maximum Gasteiger partial charge on any atom is 1.00 e. The molecule has 7 nitrogen and oxygen atoms in total. The van der Waals surface area contributed by atoms with Crippen molar-refractivity contribution in [2.45, 2.75) is 35.3 Å². The van der Waals surface area contributed by atoms with Gasteiger partial charge in [0.1, 0.15) is 0 Å². The summed E-state index contributed by atoms with van der Waals surface area (Å²) in [6.07, 6.45) is 3.27. The summed E-state index contributed by atoms with van der Waals surface area (Å²) in [5.74, 6) is -1.36. The van der Waals surface area contributed by atoms with Crippen LogP contribution in [0.15, 0.2) is 82.8 Å². The second-order valence-electron chi connectivity index (χ2n) is 7.27. The first-order chi connectivity index (χ1) is 14.8. The van der Waals surface area contributed by atoms with E-state index in [1.165, 1.54) is 36.4 Å². The number of benzene rings is 2. The Labute approximate surface area is 209 Å². The van der Waals surface area contributed by atoms with E-state index in [0.717, 1.165) is 11.1 Å². The van der Waals surface area contributed by atoms with Crippen molar-refractivity contribution in [3.05, 3.63) is 89.7 Å². The number of carboxylic acid groups (broad SMARTS) is 1. The second-order valence-corrected chi connectivity index (χ2v) is 9.22. The summed E-state index contributed by atoms with van der Waals surface area (Å²) in [7, 11) is -3.75. The molecule has 2 aromatic carbocycles. The van der Waals surface area contributed by atoms with Crippen LogP contribution in [0.25, 0.3) is 0 Å². The number of carbonyl (C=O) groups excluding carboxylic acids is 1. The molecule has 0 aliphatic carbocycles. The summed E-state index contributed by atoms with van der Waals surface area (Å²) in [6, 6.07) is 15.2. The first kappa shape index (κ1) is 26.2. The van der Waals surface area contributed by atoms with Crippen molar-refractivity contribution in [3.63, 3.8) is 0 Å². The molecule has 0 fully saturated rings. The van der Waals surface area contributed by atoms with Crippen molar-refractivity contribution < 1.29 is 53.0 Å². The summed E-state index contributed by atoms with van der Waals surface area (Å²) >= 11 is 0. The van der Waals surface area contributed by atoms with E-state index < -0.39 is 21.9 Å². The number of carboxylic acids is 1. The van der Waals surface area contributed by atoms with Gasteiger partial charge in [0.05, 0.1) is 21.9 Å². The number of hydrogen-bond donors (Lipinski definition) is 2. The average Bonchev–Trinajstić information content (AvgIpc) is 2.78. The second kappa shape index (κ2) is 11.7. The van der Waals surface area contributed by atoms with Gasteiger partial charge in [-0.3, -0.25) is 4.98 Å². The smallest absolute Gasteiger partial charge is 0.545 e. The molecule has 1 aromatic heterocycles. The number of nitrogens with one attached hydrogen (secondary N) is 1. The first-order valence-corrected chi connectivity index (χ1v) is 11.2. The maximum atomic E-state index is 12.8. The van der Waals surface area contributed by atoms with Crippen molar-refractivity contribution in [2.24, 2.45) is 0 Å². The standard InChI is InChI=1S/C23H24N2O5S.Na/c1-16(25-15-22(26)19-3-2-12-24-14-19)13-17-4-8-20(9-5-17)31(29,30)21-10-6-18(7-11-21)23(27)28;/h2-12,14,16,22,25-26H,13,15H2,1H3,(H,27,28);/q;+1/p-1/t16-,22+;/m1./s1. The Kier molecular flexibility index (Phi) is 9.57. The Balaban J connectivity index is 0.00000363. The number of nitrogens with zero attached hydrogens (tertiary/aromatic N) is 1. The van der Waals surface area contributed by atoms with Crippen LogP contribution in [0.4, 0.5) is 0 Å². The van der Waals surface area contributed by atoms with Gasteiger partial charge in [-0.2, -0.15) is 0 Å². The van der Waals surface area contributed by atoms with Crippen LogP contribution in [0, 0.1) is 0 Å². The minimum Gasteiger partial charge on any atom is -0.545 e. The third-order valence-electron chi connectivity index (χ3n) is 4.90. The zero-order valence-electron chi connectivity index (χ0n) is 17.9. The zero-order chi connectivity index (χ0) is 22.4. The van der Waals surface area contributed by atoms with Crippen LogP contribution >= 0.6 is 0 Å². The van der Waals surface area contributed by atoms with Crippen LogP contribution in [0.2, 0.25) is 0 Å². The summed E-state index contributed by atoms with van der Waals surface area (Å²) in [5.41, 5.74) is 1.61. The molecule has 0 aliphatic heterocycles. The Morgan fingerprint density at radius 2 is 1.66 bits per heavy atom. The summed E-state index contributed by atoms with van der Waals surface area (Å²) in [6.45, 7) is 2.36. The van der Waals surface area contributed by atoms with E-state index >= 15 is 0 Å². The molecular weight excluding hydrogens is 439 g/mol. The first-order valence-electron chi connectivity index (χ1n) is 9.74. The third-order valence-corrected chi connectivity index (χ3v) is 6.69. The molecule has 0 amide bonds. The third kappa shape index (κ3) is 6.71. The van der Waals surface area contributed by atoms with Gasteiger partial charge >= 0.3 is 29.6 Å². The van der Waals surface area contributed by atoms with E-state index in [1.807, 2.05) is 13.0 Å². The number of rotatable bonds is 9. The largest absolute Gasteiger partial charge is 1.00 e. The number of carbonyl (C=O) groups is 1. The minimum absolute atomic E-state index is 0. The number of aliphatic hydroxyl groups excluding tert-OH is 1. The van der Waals surface area contributed by atoms with Gasteiger partial charge in [0, 0.05) is 30.5 Å². The molecular formula is C23H23N2NaO5S. The van der Waals surface area contributed by atoms with Crippen LogP contribution in [0.5, 0.6) is 0 Å². The molecule has 3 aromatic rings. The Morgan fingerprint density at radius 1 is 1.06 bits per heavy atom. The normalized spacial score (nSPS) is 13.1. The van der Waals surface area contributed by atoms with E-state index in [0.29, 0.717) is 13.0 Å². The topological polar surface area (TPSA) is 119 Å². The molecule has 2 N–H and O–H groups in total. The molecule has 0 saturated heterocycles. The molecule has 1 heterocycles. The van der Waals surface area contributed by atoms with Crippen LogP contribution < -0.4 is 40.0 Å². The van der Waals surface area contributed by atoms with Gasteiger partial charge < -0.3 is 20.3 Å². The van der Waals surface area contributed by atoms with Gasteiger partial charge in [-0.25, -0.2) is 8.42 Å². The molecule has 0 aliphatic rings. The molecule has 9 heteroatoms. The van der Waals surface area contributed by atoms with Gasteiger partial charge in [0.25, 0.3) is 0 Å². The number of aliphatic hydroxyl groups is 1. The molecule has 0 unspecified atom stereocenters. The van der Waals surface area contributed by atoms with Gasteiger partial charge in [-0.1, -0.05) is 30.3 Å². The molecule has 0 radical (unpaired) electrons. The molecule has 162 valence electrons. The van der Waals surface area contributed by atoms with Crippen LogP contribution in [0.1, 0.15) is 34.5 Å². The number of pyridine rings is 1. The van der Waals surface area contributed by atoms with Crippen LogP contribution in [0.3, 0.4) is 0 Å². The van der Waals surface area contributed by atoms with E-state index in [4.69, 9.17) is 0 Å². The van der Waals surface area contributed by atoms with Crippen molar-refractivity contribution >= 4 is 15.8 Å². The number of aromatic nitrogens is 1. The average molecular weight is 463 g/mol. The van der Waals surface area contributed by atoms with Crippen molar-refractivity contribution in [1.29, 1.82) is 0 Å². The molecule has 0 bridgehead atoms. The summed E-state index contributed by atoms with van der Waals surface area (Å²) in [5, 5.41) is 24.3. The van der Waals surface area contributed by atoms with Crippen molar-refractivity contribution in [1.82, 2.24) is 10.3 Å². The number of aromatic carboxylic acids is 1. The Bertz CT molecular complexity index is 1120. The van der Waals surface area contributed by atoms with E-state index in [-0.39, 0.29) is 51.0 Å². The van der Waals surface area contributed by atoms with Gasteiger partial charge in [0.15, 0.2) is 0 Å². The quantitative estimate of drug-likeness (QED) is 0.373. The number of hydrogen-bond acceptors (Lipinski definition) is 7. The van der Waals surface area contributed by atoms with Crippen molar-refractivity contribution in [3.8, 4) is 0 Å². The fourth-order valence-electron chi connectivity index (χ4n) is 3.14. The van der Waals surface area contributed by atoms with Crippen LogP contribution in [-0.2, 0) is 16.3 Å². The van der Waals surface area contributed by atoms with E-state index in [9.17, 15) is 23.4 Å². The number of sulfone groups is 1. The van der Waals surface area contributed by atoms with Gasteiger partial charge in [-0.15, -0.1) is 0 Å². The Morgan fingerprint density at radius 3 is 2.19 bits per heavy atom. The SMILES string of the molecule is C[C@H](Cc1ccc(S(=O)(=O)c2ccc(C(=O)[O-])cc2)cc1)NC[C@H](O)c1cccnc1.[Na+]. The molecule has 0 spiro atoms. The zero-order valence-corrected chi connectivity index (χ0v) is 20.7. The Hall–Kier alpha value is -2.07. The summed E-state index contributed by atoms with van der Waals surface area (Å²) < 4.78 is 25.5. The predicted molar refractivity (Wildman–Crippen MR) is 113 cm³/mol. The van der Waals surface area contributed by atoms with Gasteiger partial charge in [-0.05, 0) is 54.8 Å². The monoisotopic (exact) mass is 462 g/mol. The molecule has 32 heavy (non-hydrogen) atoms. The molecule has 2 atom stereocenters. The minimum atomic E-state index is -3.75. The molecule has 0 saturated carbocycles. The summed E-state index contributed by atoms with van der Waals surface area (Å²) in [4.78, 5) is 15.0. The predicted octanol–water partition coefficient (Wildman–Crippen LogP) is -1.46. The molecule has 3 rings (SSSR count). The van der Waals surface area contributed by atoms with E-state index in [2.05, 4.69) is 10.3 Å². The van der Waals surface area contributed by atoms with Gasteiger partial charge in [0.2, 0.25) is 9.84 Å². The fraction of sp³-hybridized carbons (Fsp3) is 0.217. The van der Waals surface area contributed by atoms with Crippen molar-refractivity contribution in [2.75, 3.05) is 6.54 Å². The maximum absolute atomic E-state index is 12.8. The van der Waals surface area contributed by atoms with Crippen LogP contribution in [-0.4, -0.2) is 37.1 Å². The van der Waals surface area contributed by atoms with E-state index in [1.54, 1.807) is 30.6 Å².